The van der Waals surface area contributed by atoms with Gasteiger partial charge >= 0.3 is 5.97 Å². The number of methoxy groups -OCH3 is 1. The molecule has 2 rings (SSSR count). The van der Waals surface area contributed by atoms with Gasteiger partial charge in [0.25, 0.3) is 0 Å². The molecule has 0 fully saturated rings. The normalized spacial score (nSPS) is 18.8. The minimum atomic E-state index is -0.946. The number of hydrogen-bond donors (Lipinski definition) is 0. The summed E-state index contributed by atoms with van der Waals surface area (Å²) in [5, 5.41) is 0. The van der Waals surface area contributed by atoms with E-state index in [0.29, 0.717) is 26.2 Å². The molecule has 0 saturated heterocycles. The van der Waals surface area contributed by atoms with Crippen molar-refractivity contribution in [1.82, 2.24) is 0 Å². The third kappa shape index (κ3) is 4.13. The first-order valence-corrected chi connectivity index (χ1v) is 9.04. The Hall–Kier alpha value is -1.79. The summed E-state index contributed by atoms with van der Waals surface area (Å²) in [7, 11) is 1.63. The summed E-state index contributed by atoms with van der Waals surface area (Å²) >= 11 is 0. The van der Waals surface area contributed by atoms with Gasteiger partial charge in [-0.15, -0.1) is 0 Å². The molecule has 0 aromatic heterocycles. The summed E-state index contributed by atoms with van der Waals surface area (Å²) in [5.74, 6) is 1.28. The second-order valence-electron chi connectivity index (χ2n) is 6.73. The van der Waals surface area contributed by atoms with Gasteiger partial charge in [-0.1, -0.05) is 0 Å². The van der Waals surface area contributed by atoms with Crippen LogP contribution in [-0.2, 0) is 25.4 Å². The lowest BCUT2D eigenvalue weighted by Crippen LogP contribution is -2.46. The second kappa shape index (κ2) is 8.73. The van der Waals surface area contributed by atoms with Gasteiger partial charge in [-0.25, -0.2) is 4.79 Å². The van der Waals surface area contributed by atoms with Gasteiger partial charge in [0, 0.05) is 19.1 Å². The SMILES string of the molecule is CCOC(=O)C1(C)CCc2c(C)c(OCOCCOC)c(C)c(C)c2O1. The maximum absolute atomic E-state index is 12.3. The molecule has 1 aliphatic heterocycles. The van der Waals surface area contributed by atoms with Gasteiger partial charge in [-0.2, -0.15) is 0 Å². The Labute approximate surface area is 155 Å². The zero-order valence-corrected chi connectivity index (χ0v) is 16.7. The first-order valence-electron chi connectivity index (χ1n) is 9.04. The number of rotatable bonds is 8. The van der Waals surface area contributed by atoms with E-state index in [1.54, 1.807) is 21.0 Å². The molecule has 1 aromatic carbocycles. The molecule has 0 spiro atoms. The molecule has 1 heterocycles. The van der Waals surface area contributed by atoms with Crippen LogP contribution in [0.15, 0.2) is 0 Å². The number of fused-ring (bicyclic) bond motifs is 1. The first-order chi connectivity index (χ1) is 12.4. The quantitative estimate of drug-likeness (QED) is 0.400. The van der Waals surface area contributed by atoms with Crippen molar-refractivity contribution in [3.05, 3.63) is 22.3 Å². The standard InChI is InChI=1S/C20H30O6/c1-7-24-19(21)20(5)9-8-16-15(4)17(25-12-23-11-10-22-6)13(2)14(3)18(16)26-20/h7-12H2,1-6H3. The molecule has 0 N–H and O–H groups in total. The van der Waals surface area contributed by atoms with E-state index < -0.39 is 5.60 Å². The molecular weight excluding hydrogens is 336 g/mol. The molecule has 6 heteroatoms. The summed E-state index contributed by atoms with van der Waals surface area (Å²) in [4.78, 5) is 12.3. The molecule has 146 valence electrons. The van der Waals surface area contributed by atoms with E-state index in [4.69, 9.17) is 23.7 Å². The predicted octanol–water partition coefficient (Wildman–Crippen LogP) is 3.26. The molecule has 0 bridgehead atoms. The largest absolute Gasteiger partial charge is 0.475 e. The van der Waals surface area contributed by atoms with Crippen molar-refractivity contribution < 1.29 is 28.5 Å². The fraction of sp³-hybridized carbons (Fsp3) is 0.650. The topological polar surface area (TPSA) is 63.2 Å². The van der Waals surface area contributed by atoms with Crippen LogP contribution in [0, 0.1) is 20.8 Å². The van der Waals surface area contributed by atoms with E-state index in [-0.39, 0.29) is 12.8 Å². The smallest absolute Gasteiger partial charge is 0.350 e. The minimum Gasteiger partial charge on any atom is -0.475 e. The van der Waals surface area contributed by atoms with Crippen LogP contribution in [0.4, 0.5) is 0 Å². The average molecular weight is 366 g/mol. The van der Waals surface area contributed by atoms with Crippen LogP contribution in [0.5, 0.6) is 11.5 Å². The Morgan fingerprint density at radius 2 is 1.88 bits per heavy atom. The van der Waals surface area contributed by atoms with E-state index >= 15 is 0 Å². The number of hydrogen-bond acceptors (Lipinski definition) is 6. The highest BCUT2D eigenvalue weighted by molar-refractivity contribution is 5.80. The first kappa shape index (κ1) is 20.5. The monoisotopic (exact) mass is 366 g/mol. The van der Waals surface area contributed by atoms with Crippen LogP contribution < -0.4 is 9.47 Å². The third-order valence-electron chi connectivity index (χ3n) is 4.92. The lowest BCUT2D eigenvalue weighted by Gasteiger charge is -2.36. The van der Waals surface area contributed by atoms with Crippen molar-refractivity contribution in [3.8, 4) is 11.5 Å². The highest BCUT2D eigenvalue weighted by Gasteiger charge is 2.42. The van der Waals surface area contributed by atoms with Crippen LogP contribution in [-0.4, -0.2) is 45.3 Å². The average Bonchev–Trinajstić information content (AvgIpc) is 2.62. The molecule has 1 atom stereocenters. The maximum Gasteiger partial charge on any atom is 0.350 e. The van der Waals surface area contributed by atoms with Gasteiger partial charge in [-0.05, 0) is 57.7 Å². The van der Waals surface area contributed by atoms with Crippen LogP contribution in [0.25, 0.3) is 0 Å². The van der Waals surface area contributed by atoms with Crippen molar-refractivity contribution in [1.29, 1.82) is 0 Å². The molecule has 26 heavy (non-hydrogen) atoms. The van der Waals surface area contributed by atoms with Crippen molar-refractivity contribution in [2.45, 2.75) is 53.1 Å². The van der Waals surface area contributed by atoms with Gasteiger partial charge in [0.1, 0.15) is 11.5 Å². The molecule has 0 radical (unpaired) electrons. The molecule has 1 unspecified atom stereocenters. The highest BCUT2D eigenvalue weighted by Crippen LogP contribution is 2.44. The van der Waals surface area contributed by atoms with Crippen molar-refractivity contribution in [2.75, 3.05) is 33.7 Å². The summed E-state index contributed by atoms with van der Waals surface area (Å²) in [6.45, 7) is 11.1. The number of esters is 1. The fourth-order valence-corrected chi connectivity index (χ4v) is 3.18. The molecule has 6 nitrogen and oxygen atoms in total. The number of carbonyl (C=O) groups is 1. The van der Waals surface area contributed by atoms with Crippen molar-refractivity contribution in [2.24, 2.45) is 0 Å². The molecule has 0 amide bonds. The zero-order valence-electron chi connectivity index (χ0n) is 16.7. The molecule has 0 saturated carbocycles. The Morgan fingerprint density at radius 3 is 2.54 bits per heavy atom. The number of ether oxygens (including phenoxy) is 5. The number of benzene rings is 1. The van der Waals surface area contributed by atoms with Crippen molar-refractivity contribution >= 4 is 5.97 Å². The fourth-order valence-electron chi connectivity index (χ4n) is 3.18. The summed E-state index contributed by atoms with van der Waals surface area (Å²) in [6.07, 6.45) is 1.31. The van der Waals surface area contributed by atoms with Crippen molar-refractivity contribution in [3.63, 3.8) is 0 Å². The zero-order chi connectivity index (χ0) is 19.3. The molecule has 1 aromatic rings. The van der Waals surface area contributed by atoms with Gasteiger partial charge < -0.3 is 23.7 Å². The third-order valence-corrected chi connectivity index (χ3v) is 4.92. The van der Waals surface area contributed by atoms with Gasteiger partial charge in [0.05, 0.1) is 19.8 Å². The maximum atomic E-state index is 12.3. The summed E-state index contributed by atoms with van der Waals surface area (Å²) in [5.41, 5.74) is 3.14. The Morgan fingerprint density at radius 1 is 1.15 bits per heavy atom. The van der Waals surface area contributed by atoms with Crippen LogP contribution >= 0.6 is 0 Å². The van der Waals surface area contributed by atoms with E-state index in [0.717, 1.165) is 40.2 Å². The van der Waals surface area contributed by atoms with Crippen LogP contribution in [0.1, 0.15) is 42.5 Å². The van der Waals surface area contributed by atoms with Gasteiger partial charge in [0.2, 0.25) is 5.60 Å². The van der Waals surface area contributed by atoms with Crippen LogP contribution in [0.2, 0.25) is 0 Å². The number of carbonyl (C=O) groups excluding carboxylic acids is 1. The van der Waals surface area contributed by atoms with Gasteiger partial charge in [-0.3, -0.25) is 0 Å². The summed E-state index contributed by atoms with van der Waals surface area (Å²) in [6, 6.07) is 0. The second-order valence-corrected chi connectivity index (χ2v) is 6.73. The molecule has 1 aliphatic rings. The van der Waals surface area contributed by atoms with E-state index in [1.165, 1.54) is 0 Å². The lowest BCUT2D eigenvalue weighted by atomic mass is 9.87. The van der Waals surface area contributed by atoms with Gasteiger partial charge in [0.15, 0.2) is 6.79 Å². The van der Waals surface area contributed by atoms with E-state index in [2.05, 4.69) is 0 Å². The summed E-state index contributed by atoms with van der Waals surface area (Å²) < 4.78 is 27.6. The van der Waals surface area contributed by atoms with Crippen LogP contribution in [0.3, 0.4) is 0 Å². The lowest BCUT2D eigenvalue weighted by molar-refractivity contribution is -0.161. The highest BCUT2D eigenvalue weighted by atomic mass is 16.7. The Bertz CT molecular complexity index is 654. The van der Waals surface area contributed by atoms with E-state index in [1.807, 2.05) is 20.8 Å². The van der Waals surface area contributed by atoms with E-state index in [9.17, 15) is 4.79 Å². The molecule has 0 aliphatic carbocycles. The Kier molecular flexibility index (Phi) is 6.89. The minimum absolute atomic E-state index is 0.171. The molecular formula is C20H30O6. The Balaban J connectivity index is 2.24. The predicted molar refractivity (Wildman–Crippen MR) is 98.0 cm³/mol.